The van der Waals surface area contributed by atoms with Crippen LogP contribution < -0.4 is 10.1 Å². The summed E-state index contributed by atoms with van der Waals surface area (Å²) in [5.41, 5.74) is 0.936. The van der Waals surface area contributed by atoms with E-state index in [9.17, 15) is 0 Å². The number of hydrogen-bond acceptors (Lipinski definition) is 4. The van der Waals surface area contributed by atoms with Crippen molar-refractivity contribution in [1.82, 2.24) is 9.97 Å². The number of para-hydroxylation sites is 1. The van der Waals surface area contributed by atoms with E-state index in [1.165, 1.54) is 6.42 Å². The van der Waals surface area contributed by atoms with Crippen molar-refractivity contribution < 1.29 is 4.74 Å². The Balaban J connectivity index is 1.95. The van der Waals surface area contributed by atoms with E-state index in [0.717, 1.165) is 36.7 Å². The minimum Gasteiger partial charge on any atom is -0.474 e. The summed E-state index contributed by atoms with van der Waals surface area (Å²) < 4.78 is 5.99. The van der Waals surface area contributed by atoms with Crippen LogP contribution in [-0.4, -0.2) is 22.6 Å². The molecule has 0 aliphatic heterocycles. The van der Waals surface area contributed by atoms with Gasteiger partial charge in [0.2, 0.25) is 11.8 Å². The number of anilines is 1. The van der Waals surface area contributed by atoms with Crippen LogP contribution in [0.25, 0.3) is 10.9 Å². The van der Waals surface area contributed by atoms with E-state index in [1.807, 2.05) is 24.3 Å². The number of hydrogen-bond donors (Lipinski definition) is 1. The Bertz CT molecular complexity index is 566. The lowest BCUT2D eigenvalue weighted by Crippen LogP contribution is -2.25. The molecule has 1 N–H and O–H groups in total. The van der Waals surface area contributed by atoms with Crippen LogP contribution in [-0.2, 0) is 0 Å². The van der Waals surface area contributed by atoms with Crippen molar-refractivity contribution in [2.75, 3.05) is 11.9 Å². The highest BCUT2D eigenvalue weighted by atomic mass is 16.5. The monoisotopic (exact) mass is 257 g/mol. The molecule has 100 valence electrons. The molecular weight excluding hydrogens is 238 g/mol. The Morgan fingerprint density at radius 1 is 1.26 bits per heavy atom. The van der Waals surface area contributed by atoms with E-state index in [2.05, 4.69) is 22.2 Å². The first-order valence-corrected chi connectivity index (χ1v) is 7.04. The average molecular weight is 257 g/mol. The second kappa shape index (κ2) is 5.43. The number of nitrogens with one attached hydrogen (secondary N) is 1. The first-order chi connectivity index (χ1) is 9.36. The molecule has 0 unspecified atom stereocenters. The van der Waals surface area contributed by atoms with Crippen molar-refractivity contribution >= 4 is 16.9 Å². The fourth-order valence-electron chi connectivity index (χ4n) is 2.10. The summed E-state index contributed by atoms with van der Waals surface area (Å²) in [5.74, 6) is 1.38. The van der Waals surface area contributed by atoms with Crippen LogP contribution in [0.5, 0.6) is 5.88 Å². The maximum atomic E-state index is 5.99. The Labute approximate surface area is 113 Å². The minimum absolute atomic E-state index is 0.331. The maximum Gasteiger partial charge on any atom is 0.226 e. The quantitative estimate of drug-likeness (QED) is 0.892. The third-order valence-corrected chi connectivity index (χ3v) is 3.43. The minimum atomic E-state index is 0.331. The van der Waals surface area contributed by atoms with E-state index >= 15 is 0 Å². The predicted octanol–water partition coefficient (Wildman–Crippen LogP) is 3.38. The first kappa shape index (κ1) is 12.2. The lowest BCUT2D eigenvalue weighted by atomic mass is 9.96. The Morgan fingerprint density at radius 2 is 2.11 bits per heavy atom. The van der Waals surface area contributed by atoms with Gasteiger partial charge >= 0.3 is 0 Å². The molecule has 2 aromatic rings. The summed E-state index contributed by atoms with van der Waals surface area (Å²) >= 11 is 0. The molecule has 0 amide bonds. The second-order valence-corrected chi connectivity index (χ2v) is 4.97. The van der Waals surface area contributed by atoms with Gasteiger partial charge in [0.05, 0.1) is 10.9 Å². The van der Waals surface area contributed by atoms with E-state index in [0.29, 0.717) is 17.9 Å². The van der Waals surface area contributed by atoms with Gasteiger partial charge in [0.1, 0.15) is 6.10 Å². The van der Waals surface area contributed by atoms with E-state index in [-0.39, 0.29) is 0 Å². The number of nitrogens with zero attached hydrogens (tertiary/aromatic N) is 2. The summed E-state index contributed by atoms with van der Waals surface area (Å²) in [6.07, 6.45) is 4.91. The predicted molar refractivity (Wildman–Crippen MR) is 76.6 cm³/mol. The van der Waals surface area contributed by atoms with Crippen LogP contribution in [0.3, 0.4) is 0 Å². The fourth-order valence-corrected chi connectivity index (χ4v) is 2.10. The number of ether oxygens (including phenoxy) is 1. The summed E-state index contributed by atoms with van der Waals surface area (Å²) in [7, 11) is 0. The molecule has 4 nitrogen and oxygen atoms in total. The lowest BCUT2D eigenvalue weighted by molar-refractivity contribution is 0.117. The van der Waals surface area contributed by atoms with Crippen LogP contribution >= 0.6 is 0 Å². The van der Waals surface area contributed by atoms with Gasteiger partial charge in [-0.25, -0.2) is 4.98 Å². The third-order valence-electron chi connectivity index (χ3n) is 3.43. The Hall–Kier alpha value is -1.84. The van der Waals surface area contributed by atoms with E-state index in [1.54, 1.807) is 0 Å². The standard InChI is InChI=1S/C15H19N3O/c1-2-10-16-15-17-13-9-4-3-8-12(13)14(18-15)19-11-6-5-7-11/h3-4,8-9,11H,2,5-7,10H2,1H3,(H,16,17,18). The number of fused-ring (bicyclic) bond motifs is 1. The lowest BCUT2D eigenvalue weighted by Gasteiger charge is -2.26. The van der Waals surface area contributed by atoms with Crippen molar-refractivity contribution in [1.29, 1.82) is 0 Å². The maximum absolute atomic E-state index is 5.99. The molecule has 19 heavy (non-hydrogen) atoms. The summed E-state index contributed by atoms with van der Waals surface area (Å²) in [5, 5.41) is 4.23. The summed E-state index contributed by atoms with van der Waals surface area (Å²) in [4.78, 5) is 9.04. The molecule has 0 atom stereocenters. The largest absolute Gasteiger partial charge is 0.474 e. The van der Waals surface area contributed by atoms with Gasteiger partial charge in [-0.15, -0.1) is 0 Å². The summed E-state index contributed by atoms with van der Waals surface area (Å²) in [6, 6.07) is 8.01. The molecule has 0 bridgehead atoms. The molecule has 0 radical (unpaired) electrons. The molecule has 0 spiro atoms. The molecule has 1 aliphatic rings. The van der Waals surface area contributed by atoms with Crippen LogP contribution in [0.2, 0.25) is 0 Å². The Morgan fingerprint density at radius 3 is 2.84 bits per heavy atom. The van der Waals surface area contributed by atoms with Gasteiger partial charge < -0.3 is 10.1 Å². The van der Waals surface area contributed by atoms with Crippen LogP contribution in [0.4, 0.5) is 5.95 Å². The van der Waals surface area contributed by atoms with Crippen molar-refractivity contribution in [3.8, 4) is 5.88 Å². The molecule has 1 saturated carbocycles. The SMILES string of the molecule is CCCNc1nc(OC2CCC2)c2ccccc2n1. The van der Waals surface area contributed by atoms with Crippen LogP contribution in [0.1, 0.15) is 32.6 Å². The first-order valence-electron chi connectivity index (χ1n) is 7.04. The van der Waals surface area contributed by atoms with Crippen molar-refractivity contribution in [2.24, 2.45) is 0 Å². The van der Waals surface area contributed by atoms with Gasteiger partial charge in [-0.05, 0) is 37.8 Å². The molecule has 4 heteroatoms. The van der Waals surface area contributed by atoms with Gasteiger partial charge in [-0.1, -0.05) is 19.1 Å². The molecule has 1 heterocycles. The zero-order valence-corrected chi connectivity index (χ0v) is 11.2. The molecule has 1 aliphatic carbocycles. The van der Waals surface area contributed by atoms with Crippen molar-refractivity contribution in [2.45, 2.75) is 38.7 Å². The summed E-state index contributed by atoms with van der Waals surface area (Å²) in [6.45, 7) is 3.00. The van der Waals surface area contributed by atoms with Gasteiger partial charge in [0, 0.05) is 6.54 Å². The third kappa shape index (κ3) is 2.62. The molecule has 1 fully saturated rings. The highest BCUT2D eigenvalue weighted by Crippen LogP contribution is 2.29. The smallest absolute Gasteiger partial charge is 0.226 e. The topological polar surface area (TPSA) is 47.0 Å². The van der Waals surface area contributed by atoms with Crippen molar-refractivity contribution in [3.05, 3.63) is 24.3 Å². The van der Waals surface area contributed by atoms with Gasteiger partial charge in [0.25, 0.3) is 0 Å². The Kier molecular flexibility index (Phi) is 3.49. The zero-order valence-electron chi connectivity index (χ0n) is 11.2. The van der Waals surface area contributed by atoms with Gasteiger partial charge in [0.15, 0.2) is 0 Å². The average Bonchev–Trinajstić information content (AvgIpc) is 2.40. The highest BCUT2D eigenvalue weighted by Gasteiger charge is 2.21. The number of benzene rings is 1. The molecule has 3 rings (SSSR count). The van der Waals surface area contributed by atoms with Crippen LogP contribution in [0.15, 0.2) is 24.3 Å². The highest BCUT2D eigenvalue weighted by molar-refractivity contribution is 5.84. The fraction of sp³-hybridized carbons (Fsp3) is 0.467. The molecule has 1 aromatic heterocycles. The molecular formula is C15H19N3O. The van der Waals surface area contributed by atoms with Gasteiger partial charge in [-0.2, -0.15) is 4.98 Å². The van der Waals surface area contributed by atoms with E-state index in [4.69, 9.17) is 4.74 Å². The second-order valence-electron chi connectivity index (χ2n) is 4.97. The van der Waals surface area contributed by atoms with Gasteiger partial charge in [-0.3, -0.25) is 0 Å². The normalized spacial score (nSPS) is 15.2. The molecule has 0 saturated heterocycles. The van der Waals surface area contributed by atoms with E-state index < -0.39 is 0 Å². The zero-order chi connectivity index (χ0) is 13.1. The number of aromatic nitrogens is 2. The van der Waals surface area contributed by atoms with Crippen LogP contribution in [0, 0.1) is 0 Å². The molecule has 1 aromatic carbocycles. The van der Waals surface area contributed by atoms with Crippen molar-refractivity contribution in [3.63, 3.8) is 0 Å². The number of rotatable bonds is 5.